The van der Waals surface area contributed by atoms with Crippen LogP contribution in [0.1, 0.15) is 54.4 Å². The van der Waals surface area contributed by atoms with Crippen molar-refractivity contribution in [1.29, 1.82) is 0 Å². The first-order chi connectivity index (χ1) is 9.94. The second kappa shape index (κ2) is 6.75. The number of amides is 1. The average molecular weight is 325 g/mol. The van der Waals surface area contributed by atoms with Gasteiger partial charge in [0, 0.05) is 10.6 Å². The summed E-state index contributed by atoms with van der Waals surface area (Å²) in [4.78, 5) is 12.9. The van der Waals surface area contributed by atoms with Gasteiger partial charge in [0.1, 0.15) is 0 Å². The SMILES string of the molecule is Cc1ccc(C(=O)NC2(C(N)=S)CCCCCC2)cc1Cl. The lowest BCUT2D eigenvalue weighted by atomic mass is 9.89. The van der Waals surface area contributed by atoms with Crippen LogP contribution in [0.2, 0.25) is 5.02 Å². The molecular formula is C16H21ClN2OS. The largest absolute Gasteiger partial charge is 0.391 e. The Morgan fingerprint density at radius 3 is 2.43 bits per heavy atom. The van der Waals surface area contributed by atoms with Crippen molar-refractivity contribution in [3.05, 3.63) is 34.3 Å². The molecule has 1 amide bonds. The summed E-state index contributed by atoms with van der Waals surface area (Å²) in [5, 5.41) is 3.66. The Balaban J connectivity index is 2.21. The maximum Gasteiger partial charge on any atom is 0.252 e. The zero-order valence-corrected chi connectivity index (χ0v) is 13.8. The van der Waals surface area contributed by atoms with Crippen molar-refractivity contribution in [3.8, 4) is 0 Å². The van der Waals surface area contributed by atoms with Crippen LogP contribution >= 0.6 is 23.8 Å². The Hall–Kier alpha value is -1.13. The molecule has 1 aliphatic carbocycles. The molecular weight excluding hydrogens is 304 g/mol. The maximum absolute atomic E-state index is 12.5. The van der Waals surface area contributed by atoms with Gasteiger partial charge < -0.3 is 11.1 Å². The number of benzene rings is 1. The third kappa shape index (κ3) is 3.74. The number of thiocarbonyl (C=S) groups is 1. The Labute approximate surface area is 136 Å². The number of hydrogen-bond donors (Lipinski definition) is 2. The first-order valence-corrected chi connectivity index (χ1v) is 8.12. The van der Waals surface area contributed by atoms with E-state index in [9.17, 15) is 4.79 Å². The highest BCUT2D eigenvalue weighted by atomic mass is 35.5. The first-order valence-electron chi connectivity index (χ1n) is 7.33. The summed E-state index contributed by atoms with van der Waals surface area (Å²) in [7, 11) is 0. The van der Waals surface area contributed by atoms with Crippen LogP contribution in [0, 0.1) is 6.92 Å². The van der Waals surface area contributed by atoms with E-state index in [1.165, 1.54) is 0 Å². The number of carbonyl (C=O) groups is 1. The topological polar surface area (TPSA) is 55.1 Å². The van der Waals surface area contributed by atoms with E-state index < -0.39 is 5.54 Å². The minimum Gasteiger partial charge on any atom is -0.391 e. The molecule has 114 valence electrons. The fourth-order valence-corrected chi connectivity index (χ4v) is 3.22. The van der Waals surface area contributed by atoms with Crippen molar-refractivity contribution >= 4 is 34.7 Å². The lowest BCUT2D eigenvalue weighted by Gasteiger charge is -2.33. The molecule has 1 aromatic carbocycles. The van der Waals surface area contributed by atoms with E-state index in [-0.39, 0.29) is 5.91 Å². The third-order valence-corrected chi connectivity index (χ3v) is 5.01. The van der Waals surface area contributed by atoms with Crippen molar-refractivity contribution in [2.45, 2.75) is 51.0 Å². The minimum atomic E-state index is -0.555. The molecule has 0 aromatic heterocycles. The van der Waals surface area contributed by atoms with Gasteiger partial charge >= 0.3 is 0 Å². The smallest absolute Gasteiger partial charge is 0.252 e. The highest BCUT2D eigenvalue weighted by Crippen LogP contribution is 2.28. The van der Waals surface area contributed by atoms with E-state index >= 15 is 0 Å². The Morgan fingerprint density at radius 2 is 1.90 bits per heavy atom. The summed E-state index contributed by atoms with van der Waals surface area (Å²) in [6.07, 6.45) is 6.02. The predicted octanol–water partition coefficient (Wildman–Crippen LogP) is 3.76. The molecule has 0 heterocycles. The predicted molar refractivity (Wildman–Crippen MR) is 90.9 cm³/mol. The van der Waals surface area contributed by atoms with Crippen LogP contribution in [0.5, 0.6) is 0 Å². The van der Waals surface area contributed by atoms with E-state index in [1.807, 2.05) is 13.0 Å². The van der Waals surface area contributed by atoms with E-state index in [0.717, 1.165) is 44.1 Å². The molecule has 1 aliphatic rings. The molecule has 0 atom stereocenters. The molecule has 0 bridgehead atoms. The highest BCUT2D eigenvalue weighted by Gasteiger charge is 2.35. The number of halogens is 1. The molecule has 1 saturated carbocycles. The van der Waals surface area contributed by atoms with Crippen LogP contribution in [-0.4, -0.2) is 16.4 Å². The number of rotatable bonds is 3. The molecule has 21 heavy (non-hydrogen) atoms. The summed E-state index contributed by atoms with van der Waals surface area (Å²) < 4.78 is 0. The summed E-state index contributed by atoms with van der Waals surface area (Å²) >= 11 is 11.3. The van der Waals surface area contributed by atoms with Gasteiger partial charge in [0.25, 0.3) is 5.91 Å². The van der Waals surface area contributed by atoms with Crippen molar-refractivity contribution in [1.82, 2.24) is 5.32 Å². The van der Waals surface area contributed by atoms with Gasteiger partial charge in [0.15, 0.2) is 0 Å². The zero-order valence-electron chi connectivity index (χ0n) is 12.2. The van der Waals surface area contributed by atoms with Gasteiger partial charge in [0.05, 0.1) is 10.5 Å². The monoisotopic (exact) mass is 324 g/mol. The fourth-order valence-electron chi connectivity index (χ4n) is 2.79. The summed E-state index contributed by atoms with van der Waals surface area (Å²) in [5.41, 5.74) is 6.88. The van der Waals surface area contributed by atoms with Crippen LogP contribution in [0.3, 0.4) is 0 Å². The van der Waals surface area contributed by atoms with Gasteiger partial charge in [-0.2, -0.15) is 0 Å². The molecule has 0 unspecified atom stereocenters. The van der Waals surface area contributed by atoms with Crippen molar-refractivity contribution < 1.29 is 4.79 Å². The Bertz CT molecular complexity index is 551. The second-order valence-corrected chi connectivity index (χ2v) is 6.63. The normalized spacial score (nSPS) is 17.8. The average Bonchev–Trinajstić information content (AvgIpc) is 2.68. The number of nitrogens with one attached hydrogen (secondary N) is 1. The molecule has 0 radical (unpaired) electrons. The van der Waals surface area contributed by atoms with Crippen LogP contribution < -0.4 is 11.1 Å². The highest BCUT2D eigenvalue weighted by molar-refractivity contribution is 7.80. The van der Waals surface area contributed by atoms with Crippen LogP contribution in [-0.2, 0) is 0 Å². The minimum absolute atomic E-state index is 0.161. The summed E-state index contributed by atoms with van der Waals surface area (Å²) in [5.74, 6) is -0.161. The molecule has 5 heteroatoms. The summed E-state index contributed by atoms with van der Waals surface area (Å²) in [6.45, 7) is 1.91. The van der Waals surface area contributed by atoms with E-state index in [2.05, 4.69) is 5.32 Å². The molecule has 1 fully saturated rings. The van der Waals surface area contributed by atoms with Crippen LogP contribution in [0.25, 0.3) is 0 Å². The van der Waals surface area contributed by atoms with Gasteiger partial charge in [-0.15, -0.1) is 0 Å². The number of nitrogens with two attached hydrogens (primary N) is 1. The van der Waals surface area contributed by atoms with Gasteiger partial charge in [-0.05, 0) is 37.5 Å². The summed E-state index contributed by atoms with van der Waals surface area (Å²) in [6, 6.07) is 5.31. The third-order valence-electron chi connectivity index (χ3n) is 4.22. The number of carbonyl (C=O) groups excluding carboxylic acids is 1. The number of hydrogen-bond acceptors (Lipinski definition) is 2. The number of aryl methyl sites for hydroxylation is 1. The van der Waals surface area contributed by atoms with E-state index in [0.29, 0.717) is 15.6 Å². The van der Waals surface area contributed by atoms with Crippen LogP contribution in [0.4, 0.5) is 0 Å². The second-order valence-electron chi connectivity index (χ2n) is 5.78. The standard InChI is InChI=1S/C16H21ClN2OS/c1-11-6-7-12(10-13(11)17)14(20)19-16(15(18)21)8-4-2-3-5-9-16/h6-7,10H,2-5,8-9H2,1H3,(H2,18,21)(H,19,20). The van der Waals surface area contributed by atoms with Crippen molar-refractivity contribution in [3.63, 3.8) is 0 Å². The van der Waals surface area contributed by atoms with E-state index in [4.69, 9.17) is 29.6 Å². The molecule has 2 rings (SSSR count). The van der Waals surface area contributed by atoms with Crippen molar-refractivity contribution in [2.24, 2.45) is 5.73 Å². The van der Waals surface area contributed by atoms with Gasteiger partial charge in [-0.3, -0.25) is 4.79 Å². The van der Waals surface area contributed by atoms with E-state index in [1.54, 1.807) is 12.1 Å². The molecule has 0 spiro atoms. The lowest BCUT2D eigenvalue weighted by molar-refractivity contribution is 0.0917. The Kier molecular flexibility index (Phi) is 5.22. The van der Waals surface area contributed by atoms with Crippen LogP contribution in [0.15, 0.2) is 18.2 Å². The lowest BCUT2D eigenvalue weighted by Crippen LogP contribution is -2.56. The Morgan fingerprint density at radius 1 is 1.29 bits per heavy atom. The van der Waals surface area contributed by atoms with Gasteiger partial charge in [0.2, 0.25) is 0 Å². The molecule has 0 saturated heterocycles. The van der Waals surface area contributed by atoms with Crippen molar-refractivity contribution in [2.75, 3.05) is 0 Å². The maximum atomic E-state index is 12.5. The molecule has 0 aliphatic heterocycles. The molecule has 1 aromatic rings. The first kappa shape index (κ1) is 16.2. The molecule has 3 nitrogen and oxygen atoms in total. The fraction of sp³-hybridized carbons (Fsp3) is 0.500. The quantitative estimate of drug-likeness (QED) is 0.657. The van der Waals surface area contributed by atoms with Gasteiger partial charge in [-0.1, -0.05) is 55.6 Å². The zero-order chi connectivity index (χ0) is 15.5. The molecule has 3 N–H and O–H groups in total. The van der Waals surface area contributed by atoms with Gasteiger partial charge in [-0.25, -0.2) is 0 Å².